The Kier molecular flexibility index (Phi) is 5.13. The summed E-state index contributed by atoms with van der Waals surface area (Å²) in [7, 11) is 0. The Labute approximate surface area is 168 Å². The van der Waals surface area contributed by atoms with Crippen LogP contribution < -0.4 is 0 Å². The molecule has 0 aliphatic carbocycles. The minimum atomic E-state index is 0.120. The highest BCUT2D eigenvalue weighted by molar-refractivity contribution is 6.30. The lowest BCUT2D eigenvalue weighted by atomic mass is 9.90. The highest BCUT2D eigenvalue weighted by Crippen LogP contribution is 2.35. The van der Waals surface area contributed by atoms with E-state index in [1.165, 1.54) is 0 Å². The highest BCUT2D eigenvalue weighted by atomic mass is 35.5. The van der Waals surface area contributed by atoms with Crippen LogP contribution in [0.15, 0.2) is 41.1 Å². The monoisotopic (exact) mass is 396 g/mol. The highest BCUT2D eigenvalue weighted by Gasteiger charge is 2.27. The van der Waals surface area contributed by atoms with Crippen LogP contribution in [0.4, 0.5) is 0 Å². The maximum Gasteiger partial charge on any atom is 0.219 e. The fourth-order valence-corrected chi connectivity index (χ4v) is 3.72. The number of hydrogen-bond acceptors (Lipinski definition) is 5. The van der Waals surface area contributed by atoms with E-state index in [0.717, 1.165) is 48.4 Å². The Balaban J connectivity index is 1.73. The van der Waals surface area contributed by atoms with Crippen LogP contribution >= 0.6 is 11.6 Å². The van der Waals surface area contributed by atoms with E-state index in [-0.39, 0.29) is 11.8 Å². The van der Waals surface area contributed by atoms with Gasteiger partial charge in [0.15, 0.2) is 11.6 Å². The van der Waals surface area contributed by atoms with Crippen molar-refractivity contribution in [3.8, 4) is 22.7 Å². The van der Waals surface area contributed by atoms with Gasteiger partial charge in [-0.1, -0.05) is 16.8 Å². The number of aromatic nitrogens is 3. The molecule has 144 valence electrons. The lowest BCUT2D eigenvalue weighted by molar-refractivity contribution is -0.129. The Morgan fingerprint density at radius 1 is 1.21 bits per heavy atom. The second-order valence-corrected chi connectivity index (χ2v) is 7.55. The van der Waals surface area contributed by atoms with Crippen molar-refractivity contribution in [2.75, 3.05) is 13.1 Å². The number of benzene rings is 1. The van der Waals surface area contributed by atoms with Gasteiger partial charge in [-0.3, -0.25) is 4.79 Å². The fraction of sp³-hybridized carbons (Fsp3) is 0.333. The average molecular weight is 397 g/mol. The summed E-state index contributed by atoms with van der Waals surface area (Å²) >= 11 is 6.01. The molecule has 0 N–H and O–H groups in total. The van der Waals surface area contributed by atoms with E-state index < -0.39 is 0 Å². The van der Waals surface area contributed by atoms with Crippen LogP contribution in [-0.4, -0.2) is 39.0 Å². The molecule has 1 aliphatic rings. The van der Waals surface area contributed by atoms with Crippen LogP contribution in [0.1, 0.15) is 37.1 Å². The molecule has 0 atom stereocenters. The molecule has 4 rings (SSSR count). The van der Waals surface area contributed by atoms with Gasteiger partial charge in [0.1, 0.15) is 0 Å². The van der Waals surface area contributed by atoms with Crippen molar-refractivity contribution in [1.82, 2.24) is 20.0 Å². The van der Waals surface area contributed by atoms with Crippen molar-refractivity contribution >= 4 is 17.5 Å². The average Bonchev–Trinajstić information content (AvgIpc) is 3.14. The van der Waals surface area contributed by atoms with E-state index >= 15 is 0 Å². The molecule has 0 saturated carbocycles. The summed E-state index contributed by atoms with van der Waals surface area (Å²) < 4.78 is 5.49. The largest absolute Gasteiger partial charge is 0.356 e. The third-order valence-corrected chi connectivity index (χ3v) is 5.39. The smallest absolute Gasteiger partial charge is 0.219 e. The number of rotatable bonds is 3. The molecule has 1 amide bonds. The molecule has 1 aliphatic heterocycles. The summed E-state index contributed by atoms with van der Waals surface area (Å²) in [5.74, 6) is 1.67. The first-order valence-electron chi connectivity index (χ1n) is 9.33. The standard InChI is InChI=1S/C21H21ClN4O2/c1-13-11-19(28-25-13)18-12-23-21(16-3-5-17(22)6-4-16)24-20(18)15-7-9-26(10-8-15)14(2)27/h3-6,11-12,15H,7-10H2,1-2H3. The Bertz CT molecular complexity index is 992. The van der Waals surface area contributed by atoms with Crippen molar-refractivity contribution in [1.29, 1.82) is 0 Å². The van der Waals surface area contributed by atoms with Crippen molar-refractivity contribution in [2.45, 2.75) is 32.6 Å². The van der Waals surface area contributed by atoms with Crippen LogP contribution in [0.2, 0.25) is 5.02 Å². The molecule has 0 bridgehead atoms. The number of piperidine rings is 1. The molecule has 1 aromatic carbocycles. The Hall–Kier alpha value is -2.73. The van der Waals surface area contributed by atoms with Gasteiger partial charge in [-0.2, -0.15) is 0 Å². The van der Waals surface area contributed by atoms with Crippen molar-refractivity contribution in [3.63, 3.8) is 0 Å². The minimum absolute atomic E-state index is 0.120. The number of aryl methyl sites for hydroxylation is 1. The molecule has 0 spiro atoms. The summed E-state index contributed by atoms with van der Waals surface area (Å²) in [6.45, 7) is 4.97. The van der Waals surface area contributed by atoms with Crippen molar-refractivity contribution in [2.24, 2.45) is 0 Å². The lowest BCUT2D eigenvalue weighted by Crippen LogP contribution is -2.36. The molecule has 0 unspecified atom stereocenters. The molecule has 2 aromatic heterocycles. The maximum absolute atomic E-state index is 11.7. The third kappa shape index (κ3) is 3.78. The van der Waals surface area contributed by atoms with Gasteiger partial charge in [0.2, 0.25) is 5.91 Å². The predicted molar refractivity (Wildman–Crippen MR) is 107 cm³/mol. The Morgan fingerprint density at radius 2 is 1.93 bits per heavy atom. The number of carbonyl (C=O) groups excluding carboxylic acids is 1. The molecular weight excluding hydrogens is 376 g/mol. The zero-order chi connectivity index (χ0) is 19.7. The first-order chi connectivity index (χ1) is 13.5. The Morgan fingerprint density at radius 3 is 2.54 bits per heavy atom. The first-order valence-corrected chi connectivity index (χ1v) is 9.71. The van der Waals surface area contributed by atoms with Crippen molar-refractivity contribution in [3.05, 3.63) is 52.9 Å². The molecule has 3 heterocycles. The maximum atomic E-state index is 11.7. The summed E-state index contributed by atoms with van der Waals surface area (Å²) in [5.41, 5.74) is 3.53. The molecular formula is C21H21ClN4O2. The van der Waals surface area contributed by atoms with E-state index in [9.17, 15) is 4.79 Å². The number of likely N-dealkylation sites (tertiary alicyclic amines) is 1. The minimum Gasteiger partial charge on any atom is -0.356 e. The van der Waals surface area contributed by atoms with Crippen LogP contribution in [0.25, 0.3) is 22.7 Å². The van der Waals surface area contributed by atoms with Crippen molar-refractivity contribution < 1.29 is 9.32 Å². The second kappa shape index (κ2) is 7.72. The van der Waals surface area contributed by atoms with Crippen LogP contribution in [0.5, 0.6) is 0 Å². The molecule has 6 nitrogen and oxygen atoms in total. The number of halogens is 1. The van der Waals surface area contributed by atoms with Crippen LogP contribution in [0, 0.1) is 6.92 Å². The van der Waals surface area contributed by atoms with Crippen LogP contribution in [0.3, 0.4) is 0 Å². The molecule has 7 heteroatoms. The zero-order valence-corrected chi connectivity index (χ0v) is 16.6. The van der Waals surface area contributed by atoms with E-state index in [1.54, 1.807) is 6.92 Å². The van der Waals surface area contributed by atoms with Gasteiger partial charge >= 0.3 is 0 Å². The number of amides is 1. The lowest BCUT2D eigenvalue weighted by Gasteiger charge is -2.31. The van der Waals surface area contributed by atoms with Gasteiger partial charge in [0, 0.05) is 48.8 Å². The summed E-state index contributed by atoms with van der Waals surface area (Å²) in [5, 5.41) is 4.68. The van der Waals surface area contributed by atoms with Gasteiger partial charge in [-0.15, -0.1) is 0 Å². The second-order valence-electron chi connectivity index (χ2n) is 7.11. The molecule has 1 saturated heterocycles. The third-order valence-electron chi connectivity index (χ3n) is 5.14. The number of hydrogen-bond donors (Lipinski definition) is 0. The van der Waals surface area contributed by atoms with Gasteiger partial charge in [0.05, 0.1) is 17.0 Å². The predicted octanol–water partition coefficient (Wildman–Crippen LogP) is 4.49. The molecule has 0 radical (unpaired) electrons. The number of carbonyl (C=O) groups is 1. The SMILES string of the molecule is CC(=O)N1CCC(c2nc(-c3ccc(Cl)cc3)ncc2-c2cc(C)no2)CC1. The summed E-state index contributed by atoms with van der Waals surface area (Å²) in [4.78, 5) is 23.0. The van der Waals surface area contributed by atoms with Crippen LogP contribution in [-0.2, 0) is 4.79 Å². The normalized spacial score (nSPS) is 15.0. The summed E-state index contributed by atoms with van der Waals surface area (Å²) in [6.07, 6.45) is 3.52. The van der Waals surface area contributed by atoms with Gasteiger partial charge in [-0.25, -0.2) is 9.97 Å². The van der Waals surface area contributed by atoms with E-state index in [0.29, 0.717) is 16.6 Å². The number of nitrogens with zero attached hydrogens (tertiary/aromatic N) is 4. The van der Waals surface area contributed by atoms with Gasteiger partial charge in [-0.05, 0) is 44.0 Å². The molecule has 3 aromatic rings. The van der Waals surface area contributed by atoms with E-state index in [2.05, 4.69) is 10.1 Å². The zero-order valence-electron chi connectivity index (χ0n) is 15.9. The van der Waals surface area contributed by atoms with E-state index in [1.807, 2.05) is 48.4 Å². The summed E-state index contributed by atoms with van der Waals surface area (Å²) in [6, 6.07) is 9.39. The van der Waals surface area contributed by atoms with E-state index in [4.69, 9.17) is 21.1 Å². The molecule has 28 heavy (non-hydrogen) atoms. The first kappa shape index (κ1) is 18.6. The fourth-order valence-electron chi connectivity index (χ4n) is 3.59. The molecule has 1 fully saturated rings. The quantitative estimate of drug-likeness (QED) is 0.652. The topological polar surface area (TPSA) is 72.1 Å². The van der Waals surface area contributed by atoms with Gasteiger partial charge in [0.25, 0.3) is 0 Å². The van der Waals surface area contributed by atoms with Gasteiger partial charge < -0.3 is 9.42 Å².